The van der Waals surface area contributed by atoms with Crippen LogP contribution in [-0.2, 0) is 0 Å². The number of hydrogen-bond acceptors (Lipinski definition) is 5. The maximum Gasteiger partial charge on any atom is 0.272 e. The number of nitrogens with one attached hydrogen (secondary N) is 1. The summed E-state index contributed by atoms with van der Waals surface area (Å²) in [6.45, 7) is 3.07. The zero-order valence-corrected chi connectivity index (χ0v) is 9.89. The van der Waals surface area contributed by atoms with Crippen LogP contribution in [0, 0.1) is 0 Å². The van der Waals surface area contributed by atoms with Gasteiger partial charge < -0.3 is 15.4 Å². The van der Waals surface area contributed by atoms with E-state index in [0.717, 1.165) is 0 Å². The van der Waals surface area contributed by atoms with Crippen molar-refractivity contribution in [1.82, 2.24) is 9.88 Å². The average Bonchev–Trinajstić information content (AvgIpc) is 2.39. The molecule has 0 bridgehead atoms. The lowest BCUT2D eigenvalue weighted by Gasteiger charge is -2.20. The van der Waals surface area contributed by atoms with Gasteiger partial charge in [-0.1, -0.05) is 6.07 Å². The first-order valence-corrected chi connectivity index (χ1v) is 5.56. The number of aliphatic hydroxyl groups excluding tert-OH is 1. The highest BCUT2D eigenvalue weighted by Crippen LogP contribution is 2.07. The van der Waals surface area contributed by atoms with Crippen LogP contribution in [0.3, 0.4) is 0 Å². The number of rotatable bonds is 6. The van der Waals surface area contributed by atoms with E-state index in [-0.39, 0.29) is 12.5 Å². The molecule has 1 heterocycles. The van der Waals surface area contributed by atoms with Crippen LogP contribution in [0.2, 0.25) is 0 Å². The zero-order chi connectivity index (χ0) is 12.7. The number of anilines is 1. The van der Waals surface area contributed by atoms with Gasteiger partial charge in [0.05, 0.1) is 0 Å². The van der Waals surface area contributed by atoms with E-state index in [1.54, 1.807) is 23.1 Å². The number of hydrazine groups is 1. The van der Waals surface area contributed by atoms with E-state index in [1.165, 1.54) is 0 Å². The van der Waals surface area contributed by atoms with E-state index in [0.29, 0.717) is 31.0 Å². The van der Waals surface area contributed by atoms with E-state index in [1.807, 2.05) is 6.92 Å². The number of nitrogens with two attached hydrogens (primary N) is 1. The van der Waals surface area contributed by atoms with Crippen molar-refractivity contribution in [3.63, 3.8) is 0 Å². The molecule has 94 valence electrons. The molecular formula is C11H18N4O2. The molecular weight excluding hydrogens is 220 g/mol. The molecule has 0 radical (unpaired) electrons. The first-order valence-electron chi connectivity index (χ1n) is 5.56. The Kier molecular flexibility index (Phi) is 5.38. The highest BCUT2D eigenvalue weighted by Gasteiger charge is 2.15. The number of aromatic nitrogens is 1. The number of nitrogen functional groups attached to an aromatic ring is 1. The molecule has 1 rings (SSSR count). The van der Waals surface area contributed by atoms with Crippen LogP contribution in [-0.4, -0.2) is 40.6 Å². The molecule has 6 nitrogen and oxygen atoms in total. The summed E-state index contributed by atoms with van der Waals surface area (Å²) in [6.07, 6.45) is 0.564. The standard InChI is InChI=1S/C11H18N4O2/c1-2-15(7-4-8-16)11(17)9-5-3-6-10(13-9)14-12/h3,5-6,16H,2,4,7-8,12H2,1H3,(H,13,14). The summed E-state index contributed by atoms with van der Waals surface area (Å²) in [5.74, 6) is 5.54. The third-order valence-electron chi connectivity index (χ3n) is 2.37. The monoisotopic (exact) mass is 238 g/mol. The highest BCUT2D eigenvalue weighted by atomic mass is 16.3. The topological polar surface area (TPSA) is 91.5 Å². The van der Waals surface area contributed by atoms with Crippen molar-refractivity contribution in [3.05, 3.63) is 23.9 Å². The van der Waals surface area contributed by atoms with Crippen molar-refractivity contribution in [2.75, 3.05) is 25.1 Å². The Bertz CT molecular complexity index is 370. The molecule has 0 saturated carbocycles. The van der Waals surface area contributed by atoms with Gasteiger partial charge in [0.15, 0.2) is 0 Å². The predicted molar refractivity (Wildman–Crippen MR) is 65.3 cm³/mol. The minimum Gasteiger partial charge on any atom is -0.396 e. The first kappa shape index (κ1) is 13.4. The van der Waals surface area contributed by atoms with E-state index in [2.05, 4.69) is 10.4 Å². The minimum atomic E-state index is -0.155. The van der Waals surface area contributed by atoms with Gasteiger partial charge in [-0.15, -0.1) is 0 Å². The fourth-order valence-electron chi connectivity index (χ4n) is 1.46. The molecule has 0 aliphatic carbocycles. The maximum absolute atomic E-state index is 12.1. The molecule has 0 fully saturated rings. The second-order valence-electron chi connectivity index (χ2n) is 3.51. The Labute approximate surface area is 100 Å². The Morgan fingerprint density at radius 1 is 1.59 bits per heavy atom. The lowest BCUT2D eigenvalue weighted by atomic mass is 10.3. The van der Waals surface area contributed by atoms with Gasteiger partial charge in [0, 0.05) is 19.7 Å². The Morgan fingerprint density at radius 3 is 2.94 bits per heavy atom. The molecule has 17 heavy (non-hydrogen) atoms. The lowest BCUT2D eigenvalue weighted by molar-refractivity contribution is 0.0748. The summed E-state index contributed by atoms with van der Waals surface area (Å²) in [6, 6.07) is 5.04. The van der Waals surface area contributed by atoms with Crippen molar-refractivity contribution < 1.29 is 9.90 Å². The van der Waals surface area contributed by atoms with Crippen molar-refractivity contribution in [2.24, 2.45) is 5.84 Å². The zero-order valence-electron chi connectivity index (χ0n) is 9.89. The fraction of sp³-hybridized carbons (Fsp3) is 0.455. The number of pyridine rings is 1. The van der Waals surface area contributed by atoms with Gasteiger partial charge in [0.25, 0.3) is 5.91 Å². The van der Waals surface area contributed by atoms with Crippen LogP contribution >= 0.6 is 0 Å². The van der Waals surface area contributed by atoms with Crippen molar-refractivity contribution in [1.29, 1.82) is 0 Å². The molecule has 0 atom stereocenters. The van der Waals surface area contributed by atoms with Crippen molar-refractivity contribution in [2.45, 2.75) is 13.3 Å². The number of aliphatic hydroxyl groups is 1. The second-order valence-corrected chi connectivity index (χ2v) is 3.51. The quantitative estimate of drug-likeness (QED) is 0.487. The summed E-state index contributed by atoms with van der Waals surface area (Å²) in [5.41, 5.74) is 2.75. The number of hydrogen-bond donors (Lipinski definition) is 3. The SMILES string of the molecule is CCN(CCCO)C(=O)c1cccc(NN)n1. The van der Waals surface area contributed by atoms with E-state index < -0.39 is 0 Å². The van der Waals surface area contributed by atoms with E-state index >= 15 is 0 Å². The largest absolute Gasteiger partial charge is 0.396 e. The van der Waals surface area contributed by atoms with Crippen molar-refractivity contribution in [3.8, 4) is 0 Å². The molecule has 0 aliphatic heterocycles. The van der Waals surface area contributed by atoms with Gasteiger partial charge in [0.1, 0.15) is 11.5 Å². The van der Waals surface area contributed by atoms with Gasteiger partial charge in [-0.3, -0.25) is 4.79 Å². The first-order chi connectivity index (χ1) is 8.22. The summed E-state index contributed by atoms with van der Waals surface area (Å²) < 4.78 is 0. The number of amides is 1. The predicted octanol–water partition coefficient (Wildman–Crippen LogP) is 0.212. The summed E-state index contributed by atoms with van der Waals surface area (Å²) in [4.78, 5) is 17.8. The van der Waals surface area contributed by atoms with E-state index in [9.17, 15) is 4.79 Å². The number of carbonyl (C=O) groups is 1. The summed E-state index contributed by atoms with van der Waals surface area (Å²) in [7, 11) is 0. The van der Waals surface area contributed by atoms with Gasteiger partial charge in [-0.2, -0.15) is 0 Å². The van der Waals surface area contributed by atoms with Crippen LogP contribution in [0.4, 0.5) is 5.82 Å². The van der Waals surface area contributed by atoms with Crippen LogP contribution in [0.5, 0.6) is 0 Å². The van der Waals surface area contributed by atoms with Crippen LogP contribution in [0.25, 0.3) is 0 Å². The Balaban J connectivity index is 2.78. The number of nitrogens with zero attached hydrogens (tertiary/aromatic N) is 2. The minimum absolute atomic E-state index is 0.0710. The van der Waals surface area contributed by atoms with Crippen molar-refractivity contribution >= 4 is 11.7 Å². The summed E-state index contributed by atoms with van der Waals surface area (Å²) >= 11 is 0. The van der Waals surface area contributed by atoms with Crippen LogP contribution < -0.4 is 11.3 Å². The molecule has 4 N–H and O–H groups in total. The van der Waals surface area contributed by atoms with Crippen LogP contribution in [0.1, 0.15) is 23.8 Å². The molecule has 1 aromatic heterocycles. The maximum atomic E-state index is 12.1. The highest BCUT2D eigenvalue weighted by molar-refractivity contribution is 5.92. The molecule has 1 aromatic rings. The van der Waals surface area contributed by atoms with E-state index in [4.69, 9.17) is 10.9 Å². The molecule has 0 spiro atoms. The van der Waals surface area contributed by atoms with Gasteiger partial charge in [0.2, 0.25) is 0 Å². The molecule has 0 unspecified atom stereocenters. The summed E-state index contributed by atoms with van der Waals surface area (Å²) in [5, 5.41) is 8.77. The Hall–Kier alpha value is -1.66. The average molecular weight is 238 g/mol. The Morgan fingerprint density at radius 2 is 2.35 bits per heavy atom. The van der Waals surface area contributed by atoms with Crippen LogP contribution in [0.15, 0.2) is 18.2 Å². The number of carbonyl (C=O) groups excluding carboxylic acids is 1. The third kappa shape index (κ3) is 3.69. The molecule has 1 amide bonds. The molecule has 0 saturated heterocycles. The molecule has 0 aliphatic rings. The normalized spacial score (nSPS) is 10.1. The van der Waals surface area contributed by atoms with Gasteiger partial charge >= 0.3 is 0 Å². The van der Waals surface area contributed by atoms with Gasteiger partial charge in [-0.05, 0) is 25.5 Å². The molecule has 6 heteroatoms. The third-order valence-corrected chi connectivity index (χ3v) is 2.37. The smallest absolute Gasteiger partial charge is 0.272 e. The second kappa shape index (κ2) is 6.82. The van der Waals surface area contributed by atoms with Gasteiger partial charge in [-0.25, -0.2) is 10.8 Å². The molecule has 0 aromatic carbocycles. The lowest BCUT2D eigenvalue weighted by Crippen LogP contribution is -2.33. The fourth-order valence-corrected chi connectivity index (χ4v) is 1.46.